The van der Waals surface area contributed by atoms with Crippen LogP contribution in [0, 0.1) is 0 Å². The van der Waals surface area contributed by atoms with Gasteiger partial charge in [0.25, 0.3) is 0 Å². The van der Waals surface area contributed by atoms with Crippen LogP contribution in [-0.2, 0) is 4.79 Å². The Hall–Kier alpha value is -4.03. The predicted molar refractivity (Wildman–Crippen MR) is 140 cm³/mol. The number of carbonyl (C=O) groups is 4. The number of ether oxygens (including phenoxy) is 1. The zero-order valence-electron chi connectivity index (χ0n) is 20.5. The van der Waals surface area contributed by atoms with Crippen LogP contribution in [0.25, 0.3) is 11.8 Å². The number of Topliss-reactive ketones (excluding diaryl/α,β-unsaturated/α-hetero) is 4. The maximum absolute atomic E-state index is 13.4. The third-order valence-electron chi connectivity index (χ3n) is 6.81. The Morgan fingerprint density at radius 3 is 2.27 bits per heavy atom. The van der Waals surface area contributed by atoms with E-state index in [1.807, 2.05) is 26.8 Å². The second-order valence-corrected chi connectivity index (χ2v) is 10.1. The molecule has 0 spiro atoms. The van der Waals surface area contributed by atoms with Gasteiger partial charge in [-0.1, -0.05) is 53.6 Å². The normalized spacial score (nSPS) is 20.4. The molecule has 0 saturated carbocycles. The van der Waals surface area contributed by atoms with Gasteiger partial charge in [0.15, 0.2) is 5.78 Å². The molecule has 0 bridgehead atoms. The molecule has 2 aromatic rings. The van der Waals surface area contributed by atoms with E-state index in [2.05, 4.69) is 6.08 Å². The number of hydrogen-bond acceptors (Lipinski definition) is 6. The number of fused-ring (bicyclic) bond motifs is 4. The molecule has 1 atom stereocenters. The Kier molecular flexibility index (Phi) is 5.88. The van der Waals surface area contributed by atoms with Gasteiger partial charge in [-0.3, -0.25) is 19.2 Å². The third-order valence-corrected chi connectivity index (χ3v) is 7.17. The fourth-order valence-corrected chi connectivity index (χ4v) is 5.18. The average Bonchev–Trinajstić information content (AvgIpc) is 2.87. The molecule has 7 heteroatoms. The van der Waals surface area contributed by atoms with Gasteiger partial charge in [-0.05, 0) is 51.8 Å². The lowest BCUT2D eigenvalue weighted by Crippen LogP contribution is -2.34. The molecular weight excluding hydrogens is 492 g/mol. The highest BCUT2D eigenvalue weighted by Crippen LogP contribution is 2.43. The van der Waals surface area contributed by atoms with Crippen LogP contribution in [0.3, 0.4) is 0 Å². The summed E-state index contributed by atoms with van der Waals surface area (Å²) in [4.78, 5) is 52.8. The topological polar surface area (TPSA) is 97.7 Å². The Labute approximate surface area is 218 Å². The van der Waals surface area contributed by atoms with Crippen LogP contribution in [0.1, 0.15) is 75.8 Å². The quantitative estimate of drug-likeness (QED) is 0.385. The first kappa shape index (κ1) is 24.7. The van der Waals surface area contributed by atoms with Crippen LogP contribution in [0.4, 0.5) is 0 Å². The van der Waals surface area contributed by atoms with Gasteiger partial charge in [0, 0.05) is 27.8 Å². The summed E-state index contributed by atoms with van der Waals surface area (Å²) in [5.41, 5.74) is 0.125. The van der Waals surface area contributed by atoms with Crippen molar-refractivity contribution in [3.05, 3.63) is 98.1 Å². The van der Waals surface area contributed by atoms with Crippen LogP contribution in [0.5, 0.6) is 5.75 Å². The fourth-order valence-electron chi connectivity index (χ4n) is 4.89. The predicted octanol–water partition coefficient (Wildman–Crippen LogP) is 6.20. The van der Waals surface area contributed by atoms with Crippen molar-refractivity contribution in [1.82, 2.24) is 0 Å². The van der Waals surface area contributed by atoms with E-state index < -0.39 is 50.7 Å². The molecule has 186 valence electrons. The molecule has 2 aliphatic carbocycles. The zero-order chi connectivity index (χ0) is 26.6. The van der Waals surface area contributed by atoms with Crippen molar-refractivity contribution in [1.29, 1.82) is 0 Å². The molecule has 1 heterocycles. The summed E-state index contributed by atoms with van der Waals surface area (Å²) in [6.45, 7) is 5.99. The summed E-state index contributed by atoms with van der Waals surface area (Å²) < 4.78 is 6.21. The number of ketones is 4. The van der Waals surface area contributed by atoms with Crippen molar-refractivity contribution < 1.29 is 29.0 Å². The van der Waals surface area contributed by atoms with Crippen molar-refractivity contribution in [2.45, 2.75) is 39.2 Å². The molecule has 6 nitrogen and oxygen atoms in total. The molecule has 0 amide bonds. The number of carbonyl (C=O) groups excluding carboxylic acids is 4. The molecule has 0 fully saturated rings. The van der Waals surface area contributed by atoms with E-state index in [1.165, 1.54) is 23.8 Å². The number of allylic oxidation sites excluding steroid dienone is 5. The first-order chi connectivity index (χ1) is 17.5. The maximum Gasteiger partial charge on any atom is 0.238 e. The smallest absolute Gasteiger partial charge is 0.238 e. The maximum atomic E-state index is 13.4. The summed E-state index contributed by atoms with van der Waals surface area (Å²) in [6, 6.07) is 9.15. The standard InChI is InChI=1S/C30H23ClO6/c1-15(2)7-6-13-30(3)14-12-18-20(37-30)11-10-19-21(18)28(35)29(36)23(26(19)33)22-24(31)27(34)17-9-5-4-8-16(17)25(22)32/h4-5,7-12,14,33H,6,13H2,1-3H3. The number of aliphatic hydroxyl groups is 1. The van der Waals surface area contributed by atoms with Gasteiger partial charge in [0.1, 0.15) is 22.1 Å². The van der Waals surface area contributed by atoms with Gasteiger partial charge in [0.05, 0.1) is 11.1 Å². The van der Waals surface area contributed by atoms with E-state index >= 15 is 0 Å². The third kappa shape index (κ3) is 3.89. The molecule has 1 aliphatic heterocycles. The van der Waals surface area contributed by atoms with Crippen molar-refractivity contribution in [3.8, 4) is 5.75 Å². The molecule has 0 aromatic heterocycles. The lowest BCUT2D eigenvalue weighted by molar-refractivity contribution is -0.111. The molecule has 2 aromatic carbocycles. The summed E-state index contributed by atoms with van der Waals surface area (Å²) >= 11 is 6.27. The largest absolute Gasteiger partial charge is 0.506 e. The average molecular weight is 515 g/mol. The Morgan fingerprint density at radius 1 is 0.919 bits per heavy atom. The molecule has 5 rings (SSSR count). The van der Waals surface area contributed by atoms with Crippen LogP contribution < -0.4 is 4.74 Å². The minimum atomic E-state index is -1.11. The molecule has 1 N–H and O–H groups in total. The summed E-state index contributed by atoms with van der Waals surface area (Å²) in [5.74, 6) is -3.57. The minimum Gasteiger partial charge on any atom is -0.506 e. The van der Waals surface area contributed by atoms with E-state index in [1.54, 1.807) is 24.3 Å². The van der Waals surface area contributed by atoms with E-state index in [4.69, 9.17) is 16.3 Å². The van der Waals surface area contributed by atoms with Crippen LogP contribution in [0.15, 0.2) is 70.3 Å². The Bertz CT molecular complexity index is 1560. The fraction of sp³-hybridized carbons (Fsp3) is 0.200. The number of hydrogen-bond donors (Lipinski definition) is 1. The number of rotatable bonds is 4. The molecule has 0 saturated heterocycles. The summed E-state index contributed by atoms with van der Waals surface area (Å²) in [5, 5.41) is 10.7. The summed E-state index contributed by atoms with van der Waals surface area (Å²) in [6.07, 6.45) is 7.19. The highest BCUT2D eigenvalue weighted by atomic mass is 35.5. The van der Waals surface area contributed by atoms with E-state index in [9.17, 15) is 24.3 Å². The molecule has 0 radical (unpaired) electrons. The van der Waals surface area contributed by atoms with Gasteiger partial charge in [-0.15, -0.1) is 0 Å². The SMILES string of the molecule is CC(C)=CCCC1(C)C=Cc2c(ccc3c2C(=O)C(=O)C(C2=C(Cl)C(=O)c4ccccc4C2=O)=C3O)O1. The van der Waals surface area contributed by atoms with E-state index in [0.717, 1.165) is 6.42 Å². The zero-order valence-corrected chi connectivity index (χ0v) is 21.2. The van der Waals surface area contributed by atoms with Gasteiger partial charge in [-0.2, -0.15) is 0 Å². The Morgan fingerprint density at radius 2 is 1.59 bits per heavy atom. The first-order valence-corrected chi connectivity index (χ1v) is 12.2. The van der Waals surface area contributed by atoms with Crippen LogP contribution >= 0.6 is 11.6 Å². The van der Waals surface area contributed by atoms with Crippen molar-refractivity contribution in [3.63, 3.8) is 0 Å². The minimum absolute atomic E-state index is 0.0157. The number of benzene rings is 2. The van der Waals surface area contributed by atoms with Crippen LogP contribution in [-0.4, -0.2) is 33.8 Å². The monoisotopic (exact) mass is 514 g/mol. The van der Waals surface area contributed by atoms with Crippen molar-refractivity contribution >= 4 is 46.6 Å². The first-order valence-electron chi connectivity index (χ1n) is 11.8. The lowest BCUT2D eigenvalue weighted by Gasteiger charge is -2.33. The second-order valence-electron chi connectivity index (χ2n) is 9.74. The number of halogens is 1. The second kappa shape index (κ2) is 8.82. The van der Waals surface area contributed by atoms with Crippen molar-refractivity contribution in [2.75, 3.05) is 0 Å². The van der Waals surface area contributed by atoms with Gasteiger partial charge in [-0.25, -0.2) is 0 Å². The molecule has 37 heavy (non-hydrogen) atoms. The molecular formula is C30H23ClO6. The highest BCUT2D eigenvalue weighted by molar-refractivity contribution is 6.58. The Balaban J connectivity index is 1.61. The lowest BCUT2D eigenvalue weighted by atomic mass is 9.77. The van der Waals surface area contributed by atoms with Crippen LogP contribution in [0.2, 0.25) is 0 Å². The van der Waals surface area contributed by atoms with E-state index in [0.29, 0.717) is 17.7 Å². The number of aliphatic hydroxyl groups excluding tert-OH is 1. The summed E-state index contributed by atoms with van der Waals surface area (Å²) in [7, 11) is 0. The van der Waals surface area contributed by atoms with E-state index in [-0.39, 0.29) is 22.3 Å². The van der Waals surface area contributed by atoms with Crippen molar-refractivity contribution in [2.24, 2.45) is 0 Å². The van der Waals surface area contributed by atoms with Gasteiger partial charge >= 0.3 is 0 Å². The van der Waals surface area contributed by atoms with Gasteiger partial charge < -0.3 is 9.84 Å². The van der Waals surface area contributed by atoms with Gasteiger partial charge in [0.2, 0.25) is 17.3 Å². The molecule has 1 unspecified atom stereocenters. The molecule has 3 aliphatic rings. The highest BCUT2D eigenvalue weighted by Gasteiger charge is 2.43.